The number of halogens is 1. The van der Waals surface area contributed by atoms with Gasteiger partial charge in [-0.2, -0.15) is 0 Å². The van der Waals surface area contributed by atoms with E-state index in [0.29, 0.717) is 25.2 Å². The lowest BCUT2D eigenvalue weighted by atomic mass is 10.1. The molecule has 0 saturated heterocycles. The number of aromatic carboxylic acids is 1. The molecule has 0 aliphatic heterocycles. The van der Waals surface area contributed by atoms with E-state index < -0.39 is 5.97 Å². The number of nitrogens with zero attached hydrogens (tertiary/aromatic N) is 1. The van der Waals surface area contributed by atoms with Gasteiger partial charge in [0.05, 0.1) is 5.69 Å². The number of anilines is 1. The van der Waals surface area contributed by atoms with Crippen molar-refractivity contribution in [1.82, 2.24) is 4.98 Å². The number of hydrogen-bond acceptors (Lipinski definition) is 4. The molecule has 21 heavy (non-hydrogen) atoms. The number of hydrogen-bond donors (Lipinski definition) is 3. The van der Waals surface area contributed by atoms with E-state index in [1.54, 1.807) is 18.2 Å². The van der Waals surface area contributed by atoms with E-state index in [9.17, 15) is 9.18 Å². The molecule has 0 atom stereocenters. The van der Waals surface area contributed by atoms with Gasteiger partial charge in [0.25, 0.3) is 0 Å². The molecular weight excluding hydrogens is 273 g/mol. The van der Waals surface area contributed by atoms with Crippen LogP contribution in [0.5, 0.6) is 0 Å². The minimum absolute atomic E-state index is 0.0358. The Morgan fingerprint density at radius 3 is 2.62 bits per heavy atom. The van der Waals surface area contributed by atoms with E-state index in [4.69, 9.17) is 10.8 Å². The molecule has 1 heterocycles. The SMILES string of the molecule is NCCNc1cc(Cc2ccc(F)cc2)cnc1C(=O)O. The van der Waals surface area contributed by atoms with Crippen molar-refractivity contribution in [3.8, 4) is 0 Å². The van der Waals surface area contributed by atoms with E-state index in [-0.39, 0.29) is 11.5 Å². The Morgan fingerprint density at radius 1 is 1.29 bits per heavy atom. The molecule has 1 aromatic carbocycles. The fourth-order valence-electron chi connectivity index (χ4n) is 1.95. The third-order valence-corrected chi connectivity index (χ3v) is 2.93. The van der Waals surface area contributed by atoms with Gasteiger partial charge in [0.2, 0.25) is 0 Å². The van der Waals surface area contributed by atoms with Crippen molar-refractivity contribution in [2.75, 3.05) is 18.4 Å². The minimum atomic E-state index is -1.09. The normalized spacial score (nSPS) is 10.4. The zero-order valence-corrected chi connectivity index (χ0v) is 11.3. The molecule has 0 spiro atoms. The van der Waals surface area contributed by atoms with Crippen molar-refractivity contribution in [2.24, 2.45) is 5.73 Å². The van der Waals surface area contributed by atoms with Crippen LogP contribution in [0.25, 0.3) is 0 Å². The van der Waals surface area contributed by atoms with Gasteiger partial charge in [0, 0.05) is 19.3 Å². The van der Waals surface area contributed by atoms with Crippen molar-refractivity contribution in [3.63, 3.8) is 0 Å². The summed E-state index contributed by atoms with van der Waals surface area (Å²) >= 11 is 0. The predicted molar refractivity (Wildman–Crippen MR) is 77.9 cm³/mol. The molecule has 0 aliphatic carbocycles. The molecule has 0 unspecified atom stereocenters. The highest BCUT2D eigenvalue weighted by Gasteiger charge is 2.12. The van der Waals surface area contributed by atoms with Crippen molar-refractivity contribution in [2.45, 2.75) is 6.42 Å². The van der Waals surface area contributed by atoms with Crippen LogP contribution in [0.4, 0.5) is 10.1 Å². The lowest BCUT2D eigenvalue weighted by Crippen LogP contribution is -2.16. The van der Waals surface area contributed by atoms with Gasteiger partial charge >= 0.3 is 5.97 Å². The maximum Gasteiger partial charge on any atom is 0.356 e. The molecular formula is C15H16FN3O2. The van der Waals surface area contributed by atoms with Gasteiger partial charge in [-0.15, -0.1) is 0 Å². The molecule has 0 radical (unpaired) electrons. The highest BCUT2D eigenvalue weighted by molar-refractivity contribution is 5.92. The molecule has 0 aliphatic rings. The summed E-state index contributed by atoms with van der Waals surface area (Å²) in [5.41, 5.74) is 7.58. The van der Waals surface area contributed by atoms with Gasteiger partial charge < -0.3 is 16.2 Å². The molecule has 5 nitrogen and oxygen atoms in total. The number of carboxylic acid groups (broad SMARTS) is 1. The maximum atomic E-state index is 12.9. The fourth-order valence-corrected chi connectivity index (χ4v) is 1.95. The van der Waals surface area contributed by atoms with Crippen LogP contribution in [0, 0.1) is 5.82 Å². The summed E-state index contributed by atoms with van der Waals surface area (Å²) in [6.07, 6.45) is 2.06. The number of benzene rings is 1. The quantitative estimate of drug-likeness (QED) is 0.755. The number of carbonyl (C=O) groups is 1. The summed E-state index contributed by atoms with van der Waals surface area (Å²) in [4.78, 5) is 15.1. The molecule has 0 fully saturated rings. The van der Waals surface area contributed by atoms with Gasteiger partial charge in [-0.25, -0.2) is 14.2 Å². The molecule has 2 rings (SSSR count). The highest BCUT2D eigenvalue weighted by Crippen LogP contribution is 2.18. The molecule has 4 N–H and O–H groups in total. The predicted octanol–water partition coefficient (Wildman–Crippen LogP) is 1.88. The largest absolute Gasteiger partial charge is 0.476 e. The van der Waals surface area contributed by atoms with E-state index in [1.165, 1.54) is 18.3 Å². The average Bonchev–Trinajstić information content (AvgIpc) is 2.47. The lowest BCUT2D eigenvalue weighted by molar-refractivity contribution is 0.0691. The van der Waals surface area contributed by atoms with Crippen molar-refractivity contribution >= 4 is 11.7 Å². The monoisotopic (exact) mass is 289 g/mol. The summed E-state index contributed by atoms with van der Waals surface area (Å²) < 4.78 is 12.9. The van der Waals surface area contributed by atoms with Crippen LogP contribution in [0.2, 0.25) is 0 Å². The van der Waals surface area contributed by atoms with Crippen molar-refractivity contribution in [1.29, 1.82) is 0 Å². The maximum absolute atomic E-state index is 12.9. The minimum Gasteiger partial charge on any atom is -0.476 e. The van der Waals surface area contributed by atoms with Crippen molar-refractivity contribution in [3.05, 3.63) is 59.2 Å². The average molecular weight is 289 g/mol. The van der Waals surface area contributed by atoms with Crippen LogP contribution in [-0.4, -0.2) is 29.1 Å². The third-order valence-electron chi connectivity index (χ3n) is 2.93. The fraction of sp³-hybridized carbons (Fsp3) is 0.200. The summed E-state index contributed by atoms with van der Waals surface area (Å²) in [6, 6.07) is 7.89. The number of nitrogens with one attached hydrogen (secondary N) is 1. The molecule has 110 valence electrons. The van der Waals surface area contributed by atoms with E-state index in [1.807, 2.05) is 0 Å². The topological polar surface area (TPSA) is 88.2 Å². The zero-order chi connectivity index (χ0) is 15.2. The van der Waals surface area contributed by atoms with Crippen LogP contribution in [0.1, 0.15) is 21.6 Å². The first-order valence-corrected chi connectivity index (χ1v) is 6.50. The number of carboxylic acids is 1. The second kappa shape index (κ2) is 6.81. The van der Waals surface area contributed by atoms with Crippen LogP contribution in [0.15, 0.2) is 36.5 Å². The first-order valence-electron chi connectivity index (χ1n) is 6.50. The zero-order valence-electron chi connectivity index (χ0n) is 11.3. The van der Waals surface area contributed by atoms with Crippen LogP contribution in [0.3, 0.4) is 0 Å². The van der Waals surface area contributed by atoms with E-state index in [2.05, 4.69) is 10.3 Å². The molecule has 0 saturated carbocycles. The standard InChI is InChI=1S/C15H16FN3O2/c16-12-3-1-10(2-4-12)7-11-8-13(18-6-5-17)14(15(20)21)19-9-11/h1-4,8-9,18H,5-7,17H2,(H,20,21). The van der Waals surface area contributed by atoms with Gasteiger partial charge in [0.1, 0.15) is 5.82 Å². The number of aromatic nitrogens is 1. The summed E-state index contributed by atoms with van der Waals surface area (Å²) in [5.74, 6) is -1.38. The van der Waals surface area contributed by atoms with Gasteiger partial charge in [-0.05, 0) is 35.7 Å². The van der Waals surface area contributed by atoms with Crippen LogP contribution >= 0.6 is 0 Å². The Kier molecular flexibility index (Phi) is 4.84. The first-order chi connectivity index (χ1) is 10.1. The lowest BCUT2D eigenvalue weighted by Gasteiger charge is -2.10. The molecule has 6 heteroatoms. The highest BCUT2D eigenvalue weighted by atomic mass is 19.1. The second-order valence-corrected chi connectivity index (χ2v) is 4.56. The molecule has 2 aromatic rings. The van der Waals surface area contributed by atoms with Gasteiger partial charge in [0.15, 0.2) is 5.69 Å². The first kappa shape index (κ1) is 14.9. The molecule has 0 amide bonds. The van der Waals surface area contributed by atoms with E-state index in [0.717, 1.165) is 11.1 Å². The van der Waals surface area contributed by atoms with Gasteiger partial charge in [-0.3, -0.25) is 0 Å². The Balaban J connectivity index is 2.23. The molecule has 0 bridgehead atoms. The van der Waals surface area contributed by atoms with Crippen LogP contribution < -0.4 is 11.1 Å². The second-order valence-electron chi connectivity index (χ2n) is 4.56. The Bertz CT molecular complexity index is 629. The number of nitrogens with two attached hydrogens (primary N) is 1. The Labute approximate surface area is 121 Å². The smallest absolute Gasteiger partial charge is 0.356 e. The number of pyridine rings is 1. The summed E-state index contributed by atoms with van der Waals surface area (Å²) in [6.45, 7) is 0.850. The summed E-state index contributed by atoms with van der Waals surface area (Å²) in [5, 5.41) is 12.1. The Hall–Kier alpha value is -2.47. The summed E-state index contributed by atoms with van der Waals surface area (Å²) in [7, 11) is 0. The van der Waals surface area contributed by atoms with Crippen molar-refractivity contribution < 1.29 is 14.3 Å². The number of rotatable bonds is 6. The third kappa shape index (κ3) is 4.00. The molecule has 1 aromatic heterocycles. The van der Waals surface area contributed by atoms with Crippen LogP contribution in [-0.2, 0) is 6.42 Å². The van der Waals surface area contributed by atoms with Gasteiger partial charge in [-0.1, -0.05) is 12.1 Å². The van der Waals surface area contributed by atoms with E-state index >= 15 is 0 Å². The Morgan fingerprint density at radius 2 is 2.00 bits per heavy atom.